The third kappa shape index (κ3) is 2.39. The number of benzene rings is 1. The van der Waals surface area contributed by atoms with E-state index in [0.29, 0.717) is 22.3 Å². The summed E-state index contributed by atoms with van der Waals surface area (Å²) < 4.78 is 5.54. The van der Waals surface area contributed by atoms with Crippen molar-refractivity contribution in [1.29, 1.82) is 0 Å². The van der Waals surface area contributed by atoms with E-state index in [0.717, 1.165) is 0 Å². The fourth-order valence-corrected chi connectivity index (χ4v) is 1.28. The Balaban J connectivity index is 2.28. The number of aromatic nitrogens is 1. The summed E-state index contributed by atoms with van der Waals surface area (Å²) >= 11 is 5.74. The van der Waals surface area contributed by atoms with Gasteiger partial charge in [0.15, 0.2) is 5.75 Å². The summed E-state index contributed by atoms with van der Waals surface area (Å²) in [6.07, 6.45) is 1.47. The molecule has 0 saturated heterocycles. The fraction of sp³-hybridized carbons (Fsp3) is 0. The largest absolute Gasteiger partial charge is 0.455 e. The topological polar surface area (TPSA) is 48.1 Å². The van der Waals surface area contributed by atoms with Gasteiger partial charge in [-0.15, -0.1) is 0 Å². The molecule has 2 aromatic rings. The monoisotopic (exact) mass is 220 g/mol. The van der Waals surface area contributed by atoms with Crippen LogP contribution in [-0.4, -0.2) is 4.98 Å². The van der Waals surface area contributed by atoms with Gasteiger partial charge < -0.3 is 10.5 Å². The number of hydrogen-bond acceptors (Lipinski definition) is 3. The summed E-state index contributed by atoms with van der Waals surface area (Å²) in [5.41, 5.74) is 6.15. The van der Waals surface area contributed by atoms with E-state index in [4.69, 9.17) is 22.1 Å². The number of nitrogen functional groups attached to an aromatic ring is 1. The average molecular weight is 221 g/mol. The first kappa shape index (κ1) is 9.80. The van der Waals surface area contributed by atoms with Crippen LogP contribution in [0.5, 0.6) is 11.5 Å². The maximum absolute atomic E-state index is 5.74. The molecule has 0 radical (unpaired) electrons. The molecule has 0 bridgehead atoms. The van der Waals surface area contributed by atoms with Gasteiger partial charge in [-0.1, -0.05) is 29.8 Å². The number of anilines is 1. The highest BCUT2D eigenvalue weighted by Crippen LogP contribution is 2.28. The predicted molar refractivity (Wildman–Crippen MR) is 60.2 cm³/mol. The van der Waals surface area contributed by atoms with Gasteiger partial charge in [-0.25, -0.2) is 4.98 Å². The fourth-order valence-electron chi connectivity index (χ4n) is 1.13. The van der Waals surface area contributed by atoms with Gasteiger partial charge >= 0.3 is 0 Å². The van der Waals surface area contributed by atoms with Gasteiger partial charge in [-0.2, -0.15) is 0 Å². The minimum Gasteiger partial charge on any atom is -0.455 e. The van der Waals surface area contributed by atoms with E-state index in [9.17, 15) is 0 Å². The van der Waals surface area contributed by atoms with E-state index in [1.54, 1.807) is 6.07 Å². The van der Waals surface area contributed by atoms with Gasteiger partial charge in [-0.3, -0.25) is 0 Å². The zero-order valence-electron chi connectivity index (χ0n) is 7.85. The summed E-state index contributed by atoms with van der Waals surface area (Å²) in [5.74, 6) is 1.23. The Kier molecular flexibility index (Phi) is 2.74. The third-order valence-corrected chi connectivity index (χ3v) is 2.04. The summed E-state index contributed by atoms with van der Waals surface area (Å²) in [6, 6.07) is 10.9. The standard InChI is InChI=1S/C11H9ClN2O/c12-11-6-10(9(13)7-14-11)15-8-4-2-1-3-5-8/h1-7H,13H2. The summed E-state index contributed by atoms with van der Waals surface area (Å²) in [4.78, 5) is 3.84. The number of pyridine rings is 1. The van der Waals surface area contributed by atoms with E-state index in [-0.39, 0.29) is 0 Å². The lowest BCUT2D eigenvalue weighted by Crippen LogP contribution is -1.93. The van der Waals surface area contributed by atoms with Gasteiger partial charge in [0, 0.05) is 6.07 Å². The van der Waals surface area contributed by atoms with Crippen LogP contribution in [-0.2, 0) is 0 Å². The molecular weight excluding hydrogens is 212 g/mol. The molecule has 0 aliphatic rings. The normalized spacial score (nSPS) is 9.93. The van der Waals surface area contributed by atoms with Gasteiger partial charge in [0.2, 0.25) is 0 Å². The number of hydrogen-bond donors (Lipinski definition) is 1. The Morgan fingerprint density at radius 3 is 2.67 bits per heavy atom. The maximum atomic E-state index is 5.74. The van der Waals surface area contributed by atoms with Crippen molar-refractivity contribution in [2.75, 3.05) is 5.73 Å². The Hall–Kier alpha value is -1.74. The molecule has 0 saturated carbocycles. The molecule has 15 heavy (non-hydrogen) atoms. The van der Waals surface area contributed by atoms with Crippen molar-refractivity contribution in [3.05, 3.63) is 47.7 Å². The molecule has 0 spiro atoms. The Morgan fingerprint density at radius 1 is 1.20 bits per heavy atom. The van der Waals surface area contributed by atoms with Crippen LogP contribution in [0.3, 0.4) is 0 Å². The first-order chi connectivity index (χ1) is 7.25. The van der Waals surface area contributed by atoms with Crippen LogP contribution >= 0.6 is 11.6 Å². The second kappa shape index (κ2) is 4.19. The quantitative estimate of drug-likeness (QED) is 0.792. The van der Waals surface area contributed by atoms with Crippen molar-refractivity contribution in [1.82, 2.24) is 4.98 Å². The van der Waals surface area contributed by atoms with Gasteiger partial charge in [0.1, 0.15) is 10.9 Å². The first-order valence-corrected chi connectivity index (χ1v) is 4.77. The molecule has 0 amide bonds. The van der Waals surface area contributed by atoms with Crippen molar-refractivity contribution in [2.45, 2.75) is 0 Å². The SMILES string of the molecule is Nc1cnc(Cl)cc1Oc1ccccc1. The lowest BCUT2D eigenvalue weighted by atomic mass is 10.3. The molecule has 2 rings (SSSR count). The van der Waals surface area contributed by atoms with E-state index in [1.165, 1.54) is 6.20 Å². The molecule has 0 aliphatic carbocycles. The molecule has 0 fully saturated rings. The van der Waals surface area contributed by atoms with E-state index < -0.39 is 0 Å². The molecule has 4 heteroatoms. The zero-order valence-corrected chi connectivity index (χ0v) is 8.61. The molecule has 1 heterocycles. The summed E-state index contributed by atoms with van der Waals surface area (Å²) in [7, 11) is 0. The molecule has 76 valence electrons. The average Bonchev–Trinajstić information content (AvgIpc) is 2.25. The number of nitrogens with zero attached hydrogens (tertiary/aromatic N) is 1. The second-order valence-electron chi connectivity index (χ2n) is 2.96. The van der Waals surface area contributed by atoms with Crippen molar-refractivity contribution in [3.8, 4) is 11.5 Å². The lowest BCUT2D eigenvalue weighted by molar-refractivity contribution is 0.484. The smallest absolute Gasteiger partial charge is 0.154 e. The Labute approximate surface area is 92.5 Å². The van der Waals surface area contributed by atoms with E-state index in [2.05, 4.69) is 4.98 Å². The van der Waals surface area contributed by atoms with Crippen LogP contribution in [0.4, 0.5) is 5.69 Å². The van der Waals surface area contributed by atoms with Crippen molar-refractivity contribution < 1.29 is 4.74 Å². The van der Waals surface area contributed by atoms with Crippen LogP contribution < -0.4 is 10.5 Å². The minimum absolute atomic E-state index is 0.357. The minimum atomic E-state index is 0.357. The molecule has 2 N–H and O–H groups in total. The highest BCUT2D eigenvalue weighted by molar-refractivity contribution is 6.29. The lowest BCUT2D eigenvalue weighted by Gasteiger charge is -2.07. The molecule has 1 aromatic carbocycles. The summed E-state index contributed by atoms with van der Waals surface area (Å²) in [5, 5.41) is 0.357. The van der Waals surface area contributed by atoms with Crippen LogP contribution in [0.2, 0.25) is 5.15 Å². The number of ether oxygens (including phenoxy) is 1. The first-order valence-electron chi connectivity index (χ1n) is 4.39. The molecule has 3 nitrogen and oxygen atoms in total. The van der Waals surface area contributed by atoms with Crippen LogP contribution in [0.15, 0.2) is 42.6 Å². The van der Waals surface area contributed by atoms with Gasteiger partial charge in [0.05, 0.1) is 11.9 Å². The van der Waals surface area contributed by atoms with Crippen LogP contribution in [0, 0.1) is 0 Å². The van der Waals surface area contributed by atoms with Crippen LogP contribution in [0.25, 0.3) is 0 Å². The highest BCUT2D eigenvalue weighted by atomic mass is 35.5. The molecule has 0 unspecified atom stereocenters. The highest BCUT2D eigenvalue weighted by Gasteiger charge is 2.03. The molecular formula is C11H9ClN2O. The molecule has 0 aliphatic heterocycles. The molecule has 1 aromatic heterocycles. The van der Waals surface area contributed by atoms with Crippen molar-refractivity contribution >= 4 is 17.3 Å². The molecule has 0 atom stereocenters. The van der Waals surface area contributed by atoms with E-state index in [1.807, 2.05) is 30.3 Å². The number of nitrogens with two attached hydrogens (primary N) is 1. The third-order valence-electron chi connectivity index (χ3n) is 1.83. The van der Waals surface area contributed by atoms with Gasteiger partial charge in [-0.05, 0) is 12.1 Å². The summed E-state index contributed by atoms with van der Waals surface area (Å²) in [6.45, 7) is 0. The second-order valence-corrected chi connectivity index (χ2v) is 3.35. The number of rotatable bonds is 2. The number of para-hydroxylation sites is 1. The van der Waals surface area contributed by atoms with Crippen LogP contribution in [0.1, 0.15) is 0 Å². The van der Waals surface area contributed by atoms with E-state index >= 15 is 0 Å². The Morgan fingerprint density at radius 2 is 1.93 bits per heavy atom. The number of halogens is 1. The van der Waals surface area contributed by atoms with Gasteiger partial charge in [0.25, 0.3) is 0 Å². The zero-order chi connectivity index (χ0) is 10.7. The van der Waals surface area contributed by atoms with Crippen molar-refractivity contribution in [3.63, 3.8) is 0 Å². The maximum Gasteiger partial charge on any atom is 0.154 e. The van der Waals surface area contributed by atoms with Crippen molar-refractivity contribution in [2.24, 2.45) is 0 Å². The Bertz CT molecular complexity index is 459. The predicted octanol–water partition coefficient (Wildman–Crippen LogP) is 3.11.